The molecule has 0 saturated heterocycles. The summed E-state index contributed by atoms with van der Waals surface area (Å²) in [5.74, 6) is 7.17. The van der Waals surface area contributed by atoms with Crippen molar-refractivity contribution in [1.82, 2.24) is 10.3 Å². The Morgan fingerprint density at radius 1 is 1.45 bits per heavy atom. The maximum absolute atomic E-state index is 5.65. The molecule has 0 amide bonds. The number of ether oxygens (including phenoxy) is 2. The van der Waals surface area contributed by atoms with E-state index < -0.39 is 0 Å². The third kappa shape index (κ3) is 6.07. The monoisotopic (exact) mass is 286 g/mol. The van der Waals surface area contributed by atoms with Crippen LogP contribution >= 0.6 is 0 Å². The zero-order valence-electron chi connectivity index (χ0n) is 13.1. The first-order valence-electron chi connectivity index (χ1n) is 7.59. The Kier molecular flexibility index (Phi) is 8.57. The molecular formula is C14H30N4O2. The number of aliphatic imine (C=N–C) groups is 1. The molecule has 1 saturated carbocycles. The third-order valence-electron chi connectivity index (χ3n) is 3.65. The number of guanidine groups is 1. The standard InChI is InChI=1S/C14H30N4O2/c1-4-20-10-5-8-16-14(17-15)18(9-11-19-3)12(2)13-6-7-13/h12-13H,4-11,15H2,1-3H3,(H,16,17). The number of hydrogen-bond acceptors (Lipinski definition) is 4. The molecule has 0 radical (unpaired) electrons. The molecule has 1 rings (SSSR count). The van der Waals surface area contributed by atoms with Crippen molar-refractivity contribution in [2.24, 2.45) is 16.8 Å². The van der Waals surface area contributed by atoms with Crippen molar-refractivity contribution in [3.63, 3.8) is 0 Å². The molecule has 1 aliphatic carbocycles. The van der Waals surface area contributed by atoms with Crippen molar-refractivity contribution in [3.8, 4) is 0 Å². The molecule has 3 N–H and O–H groups in total. The molecule has 6 heteroatoms. The van der Waals surface area contributed by atoms with Gasteiger partial charge in [0.2, 0.25) is 5.96 Å². The molecule has 0 aromatic heterocycles. The average Bonchev–Trinajstić information content (AvgIpc) is 3.29. The van der Waals surface area contributed by atoms with Gasteiger partial charge in [-0.25, -0.2) is 5.84 Å². The van der Waals surface area contributed by atoms with Crippen LogP contribution in [0.15, 0.2) is 4.99 Å². The van der Waals surface area contributed by atoms with E-state index in [1.807, 2.05) is 6.92 Å². The SMILES string of the molecule is CCOCCCN=C(NN)N(CCOC)C(C)C1CC1. The summed E-state index contributed by atoms with van der Waals surface area (Å²) in [4.78, 5) is 6.79. The Bertz CT molecular complexity index is 282. The van der Waals surface area contributed by atoms with Gasteiger partial charge < -0.3 is 14.4 Å². The van der Waals surface area contributed by atoms with E-state index in [0.717, 1.165) is 44.6 Å². The lowest BCUT2D eigenvalue weighted by Gasteiger charge is -2.31. The molecule has 0 aromatic carbocycles. The fourth-order valence-electron chi connectivity index (χ4n) is 2.24. The van der Waals surface area contributed by atoms with E-state index in [1.165, 1.54) is 12.8 Å². The normalized spacial score (nSPS) is 17.1. The lowest BCUT2D eigenvalue weighted by molar-refractivity contribution is 0.146. The molecular weight excluding hydrogens is 256 g/mol. The maximum Gasteiger partial charge on any atom is 0.208 e. The van der Waals surface area contributed by atoms with Crippen LogP contribution in [0.4, 0.5) is 0 Å². The first-order valence-corrected chi connectivity index (χ1v) is 7.59. The molecule has 0 bridgehead atoms. The highest BCUT2D eigenvalue weighted by atomic mass is 16.5. The van der Waals surface area contributed by atoms with Crippen molar-refractivity contribution in [3.05, 3.63) is 0 Å². The van der Waals surface area contributed by atoms with Gasteiger partial charge in [0.25, 0.3) is 0 Å². The molecule has 1 aliphatic rings. The molecule has 0 aliphatic heterocycles. The summed E-state index contributed by atoms with van der Waals surface area (Å²) in [6, 6.07) is 0.451. The van der Waals surface area contributed by atoms with Crippen molar-refractivity contribution >= 4 is 5.96 Å². The fourth-order valence-corrected chi connectivity index (χ4v) is 2.24. The van der Waals surface area contributed by atoms with E-state index in [-0.39, 0.29) is 0 Å². The predicted molar refractivity (Wildman–Crippen MR) is 81.5 cm³/mol. The summed E-state index contributed by atoms with van der Waals surface area (Å²) < 4.78 is 10.5. The molecule has 1 atom stereocenters. The van der Waals surface area contributed by atoms with Crippen LogP contribution in [0.2, 0.25) is 0 Å². The highest BCUT2D eigenvalue weighted by Gasteiger charge is 2.33. The molecule has 20 heavy (non-hydrogen) atoms. The summed E-state index contributed by atoms with van der Waals surface area (Å²) in [7, 11) is 1.72. The molecule has 1 unspecified atom stereocenters. The Morgan fingerprint density at radius 3 is 2.75 bits per heavy atom. The van der Waals surface area contributed by atoms with Crippen molar-refractivity contribution in [2.45, 2.75) is 39.2 Å². The number of rotatable bonds is 10. The number of nitrogens with one attached hydrogen (secondary N) is 1. The second-order valence-electron chi connectivity index (χ2n) is 5.16. The van der Waals surface area contributed by atoms with Gasteiger partial charge in [0.05, 0.1) is 6.61 Å². The molecule has 6 nitrogen and oxygen atoms in total. The van der Waals surface area contributed by atoms with Gasteiger partial charge in [0, 0.05) is 39.5 Å². The van der Waals surface area contributed by atoms with E-state index in [2.05, 4.69) is 22.2 Å². The summed E-state index contributed by atoms with van der Waals surface area (Å²) in [6.45, 7) is 7.94. The second kappa shape index (κ2) is 9.96. The van der Waals surface area contributed by atoms with E-state index in [9.17, 15) is 0 Å². The zero-order valence-corrected chi connectivity index (χ0v) is 13.1. The van der Waals surface area contributed by atoms with Gasteiger partial charge in [-0.2, -0.15) is 0 Å². The van der Waals surface area contributed by atoms with Crippen LogP contribution in [0, 0.1) is 5.92 Å². The van der Waals surface area contributed by atoms with Gasteiger partial charge in [0.1, 0.15) is 0 Å². The van der Waals surface area contributed by atoms with Crippen LogP contribution in [-0.2, 0) is 9.47 Å². The minimum atomic E-state index is 0.451. The average molecular weight is 286 g/mol. The van der Waals surface area contributed by atoms with Crippen molar-refractivity contribution < 1.29 is 9.47 Å². The lowest BCUT2D eigenvalue weighted by atomic mass is 10.2. The lowest BCUT2D eigenvalue weighted by Crippen LogP contribution is -2.50. The van der Waals surface area contributed by atoms with Crippen LogP contribution in [0.3, 0.4) is 0 Å². The molecule has 0 aromatic rings. The zero-order chi connectivity index (χ0) is 14.8. The van der Waals surface area contributed by atoms with Gasteiger partial charge in [-0.3, -0.25) is 10.4 Å². The molecule has 118 valence electrons. The largest absolute Gasteiger partial charge is 0.383 e. The second-order valence-corrected chi connectivity index (χ2v) is 5.16. The number of hydrazine groups is 1. The Labute approximate surface area is 122 Å². The summed E-state index contributed by atoms with van der Waals surface area (Å²) >= 11 is 0. The smallest absolute Gasteiger partial charge is 0.208 e. The van der Waals surface area contributed by atoms with Gasteiger partial charge in [0.15, 0.2) is 0 Å². The summed E-state index contributed by atoms with van der Waals surface area (Å²) in [5.41, 5.74) is 2.75. The topological polar surface area (TPSA) is 72.1 Å². The minimum Gasteiger partial charge on any atom is -0.383 e. The van der Waals surface area contributed by atoms with Crippen LogP contribution in [0.1, 0.15) is 33.1 Å². The Morgan fingerprint density at radius 2 is 2.20 bits per heavy atom. The summed E-state index contributed by atoms with van der Waals surface area (Å²) in [5, 5.41) is 0. The number of hydrogen-bond donors (Lipinski definition) is 2. The minimum absolute atomic E-state index is 0.451. The third-order valence-corrected chi connectivity index (χ3v) is 3.65. The number of methoxy groups -OCH3 is 1. The summed E-state index contributed by atoms with van der Waals surface area (Å²) in [6.07, 6.45) is 3.51. The van der Waals surface area contributed by atoms with Crippen LogP contribution in [0.5, 0.6) is 0 Å². The maximum atomic E-state index is 5.65. The van der Waals surface area contributed by atoms with E-state index >= 15 is 0 Å². The Hall–Kier alpha value is -0.850. The van der Waals surface area contributed by atoms with Crippen molar-refractivity contribution in [2.75, 3.05) is 40.0 Å². The quantitative estimate of drug-likeness (QED) is 0.206. The van der Waals surface area contributed by atoms with Gasteiger partial charge in [-0.1, -0.05) is 0 Å². The van der Waals surface area contributed by atoms with E-state index in [4.69, 9.17) is 15.3 Å². The Balaban J connectivity index is 2.51. The highest BCUT2D eigenvalue weighted by Crippen LogP contribution is 2.35. The number of nitrogens with zero attached hydrogens (tertiary/aromatic N) is 2. The highest BCUT2D eigenvalue weighted by molar-refractivity contribution is 5.79. The van der Waals surface area contributed by atoms with Gasteiger partial charge >= 0.3 is 0 Å². The van der Waals surface area contributed by atoms with Crippen LogP contribution < -0.4 is 11.3 Å². The fraction of sp³-hybridized carbons (Fsp3) is 0.929. The van der Waals surface area contributed by atoms with Crippen molar-refractivity contribution in [1.29, 1.82) is 0 Å². The van der Waals surface area contributed by atoms with Crippen LogP contribution in [-0.4, -0.2) is 56.9 Å². The molecule has 1 fully saturated rings. The predicted octanol–water partition coefficient (Wildman–Crippen LogP) is 0.979. The first kappa shape index (κ1) is 17.2. The first-order chi connectivity index (χ1) is 9.74. The van der Waals surface area contributed by atoms with Gasteiger partial charge in [-0.15, -0.1) is 0 Å². The van der Waals surface area contributed by atoms with Gasteiger partial charge in [-0.05, 0) is 39.0 Å². The molecule has 0 spiro atoms. The van der Waals surface area contributed by atoms with E-state index in [0.29, 0.717) is 12.6 Å². The number of nitrogens with two attached hydrogens (primary N) is 1. The van der Waals surface area contributed by atoms with E-state index in [1.54, 1.807) is 7.11 Å². The molecule has 0 heterocycles. The van der Waals surface area contributed by atoms with Crippen LogP contribution in [0.25, 0.3) is 0 Å².